The molecule has 1 saturated carbocycles. The standard InChI is InChI=1S/C17H23N3O2/c1-11(2)20-17-14(10-18-20)13(16(21)5-4-8-22-3)9-15(19-17)12-6-7-12/h9-12H,4-8H2,1-3H3. The van der Waals surface area contributed by atoms with E-state index < -0.39 is 0 Å². The van der Waals surface area contributed by atoms with Crippen molar-refractivity contribution < 1.29 is 9.53 Å². The van der Waals surface area contributed by atoms with Gasteiger partial charge in [0.15, 0.2) is 11.4 Å². The van der Waals surface area contributed by atoms with Crippen molar-refractivity contribution in [2.75, 3.05) is 13.7 Å². The molecule has 0 unspecified atom stereocenters. The van der Waals surface area contributed by atoms with E-state index in [0.717, 1.165) is 28.7 Å². The number of pyridine rings is 1. The molecule has 22 heavy (non-hydrogen) atoms. The van der Waals surface area contributed by atoms with Crippen LogP contribution < -0.4 is 0 Å². The maximum Gasteiger partial charge on any atom is 0.163 e. The average molecular weight is 301 g/mol. The topological polar surface area (TPSA) is 57.0 Å². The molecule has 0 spiro atoms. The molecule has 2 aromatic rings. The van der Waals surface area contributed by atoms with Crippen molar-refractivity contribution in [1.29, 1.82) is 0 Å². The Labute approximate surface area is 130 Å². The van der Waals surface area contributed by atoms with Gasteiger partial charge in [-0.1, -0.05) is 0 Å². The zero-order chi connectivity index (χ0) is 15.7. The summed E-state index contributed by atoms with van der Waals surface area (Å²) in [6, 6.07) is 2.22. The number of nitrogens with zero attached hydrogens (tertiary/aromatic N) is 3. The Bertz CT molecular complexity index is 687. The molecule has 5 nitrogen and oxygen atoms in total. The highest BCUT2D eigenvalue weighted by Crippen LogP contribution is 2.40. The van der Waals surface area contributed by atoms with E-state index in [1.54, 1.807) is 13.3 Å². The molecule has 1 aliphatic rings. The summed E-state index contributed by atoms with van der Waals surface area (Å²) >= 11 is 0. The Balaban J connectivity index is 2.01. The van der Waals surface area contributed by atoms with Crippen molar-refractivity contribution in [1.82, 2.24) is 14.8 Å². The Morgan fingerprint density at radius 2 is 2.23 bits per heavy atom. The number of rotatable bonds is 7. The van der Waals surface area contributed by atoms with Crippen molar-refractivity contribution in [3.05, 3.63) is 23.5 Å². The van der Waals surface area contributed by atoms with Gasteiger partial charge in [0.05, 0.1) is 6.20 Å². The Morgan fingerprint density at radius 3 is 2.86 bits per heavy atom. The lowest BCUT2D eigenvalue weighted by Gasteiger charge is -2.10. The summed E-state index contributed by atoms with van der Waals surface area (Å²) in [6.07, 6.45) is 5.37. The highest BCUT2D eigenvalue weighted by atomic mass is 16.5. The molecule has 0 saturated heterocycles. The van der Waals surface area contributed by atoms with Crippen molar-refractivity contribution >= 4 is 16.8 Å². The SMILES string of the molecule is COCCCC(=O)c1cc(C2CC2)nc2c1cnn2C(C)C. The fourth-order valence-electron chi connectivity index (χ4n) is 2.75. The van der Waals surface area contributed by atoms with Gasteiger partial charge in [0.1, 0.15) is 0 Å². The highest BCUT2D eigenvalue weighted by Gasteiger charge is 2.28. The summed E-state index contributed by atoms with van der Waals surface area (Å²) < 4.78 is 6.95. The predicted octanol–water partition coefficient (Wildman–Crippen LogP) is 3.50. The Kier molecular flexibility index (Phi) is 4.25. The molecule has 2 aromatic heterocycles. The van der Waals surface area contributed by atoms with Crippen LogP contribution in [0.25, 0.3) is 11.0 Å². The third-order valence-electron chi connectivity index (χ3n) is 4.12. The molecule has 1 aliphatic carbocycles. The molecule has 1 fully saturated rings. The van der Waals surface area contributed by atoms with Gasteiger partial charge in [-0.05, 0) is 39.2 Å². The van der Waals surface area contributed by atoms with Crippen LogP contribution >= 0.6 is 0 Å². The monoisotopic (exact) mass is 301 g/mol. The minimum Gasteiger partial charge on any atom is -0.385 e. The van der Waals surface area contributed by atoms with E-state index in [-0.39, 0.29) is 11.8 Å². The third kappa shape index (κ3) is 2.90. The van der Waals surface area contributed by atoms with Gasteiger partial charge in [0, 0.05) is 48.7 Å². The molecule has 0 aromatic carbocycles. The van der Waals surface area contributed by atoms with Crippen molar-refractivity contribution in [2.45, 2.75) is 51.5 Å². The molecule has 0 bridgehead atoms. The van der Waals surface area contributed by atoms with Gasteiger partial charge in [-0.3, -0.25) is 4.79 Å². The van der Waals surface area contributed by atoms with Gasteiger partial charge in [-0.2, -0.15) is 5.10 Å². The number of hydrogen-bond donors (Lipinski definition) is 0. The zero-order valence-corrected chi connectivity index (χ0v) is 13.5. The van der Waals surface area contributed by atoms with Crippen LogP contribution in [-0.4, -0.2) is 34.3 Å². The van der Waals surface area contributed by atoms with Crippen LogP contribution in [0.15, 0.2) is 12.3 Å². The van der Waals surface area contributed by atoms with Crippen molar-refractivity contribution in [3.63, 3.8) is 0 Å². The predicted molar refractivity (Wildman–Crippen MR) is 85.3 cm³/mol. The summed E-state index contributed by atoms with van der Waals surface area (Å²) in [5.41, 5.74) is 2.66. The first-order valence-corrected chi connectivity index (χ1v) is 8.02. The molecule has 2 heterocycles. The molecule has 3 rings (SSSR count). The van der Waals surface area contributed by atoms with Crippen molar-refractivity contribution in [3.8, 4) is 0 Å². The van der Waals surface area contributed by atoms with Gasteiger partial charge < -0.3 is 4.74 Å². The molecule has 0 amide bonds. The smallest absolute Gasteiger partial charge is 0.163 e. The molecular weight excluding hydrogens is 278 g/mol. The van der Waals surface area contributed by atoms with E-state index in [2.05, 4.69) is 18.9 Å². The molecular formula is C17H23N3O2. The van der Waals surface area contributed by atoms with Gasteiger partial charge >= 0.3 is 0 Å². The second-order valence-electron chi connectivity index (χ2n) is 6.31. The number of hydrogen-bond acceptors (Lipinski definition) is 4. The molecule has 0 N–H and O–H groups in total. The van der Waals surface area contributed by atoms with Gasteiger partial charge in [-0.15, -0.1) is 0 Å². The summed E-state index contributed by atoms with van der Waals surface area (Å²) in [6.45, 7) is 4.77. The number of aromatic nitrogens is 3. The minimum absolute atomic E-state index is 0.162. The minimum atomic E-state index is 0.162. The largest absolute Gasteiger partial charge is 0.385 e. The zero-order valence-electron chi connectivity index (χ0n) is 13.5. The number of ether oxygens (including phenoxy) is 1. The van der Waals surface area contributed by atoms with E-state index in [1.807, 2.05) is 10.7 Å². The van der Waals surface area contributed by atoms with E-state index in [9.17, 15) is 4.79 Å². The fraction of sp³-hybridized carbons (Fsp3) is 0.588. The lowest BCUT2D eigenvalue weighted by molar-refractivity contribution is 0.0965. The van der Waals surface area contributed by atoms with Crippen LogP contribution in [0.4, 0.5) is 0 Å². The normalized spacial score (nSPS) is 14.9. The summed E-state index contributed by atoms with van der Waals surface area (Å²) in [5.74, 6) is 0.681. The quantitative estimate of drug-likeness (QED) is 0.580. The number of carbonyl (C=O) groups is 1. The van der Waals surface area contributed by atoms with Crippen LogP contribution in [0, 0.1) is 0 Å². The molecule has 5 heteroatoms. The summed E-state index contributed by atoms with van der Waals surface area (Å²) in [4.78, 5) is 17.4. The Morgan fingerprint density at radius 1 is 1.45 bits per heavy atom. The van der Waals surface area contributed by atoms with E-state index in [0.29, 0.717) is 18.9 Å². The number of carbonyl (C=O) groups excluding carboxylic acids is 1. The molecule has 0 radical (unpaired) electrons. The van der Waals surface area contributed by atoms with Crippen LogP contribution in [0.3, 0.4) is 0 Å². The second-order valence-corrected chi connectivity index (χ2v) is 6.31. The van der Waals surface area contributed by atoms with E-state index >= 15 is 0 Å². The lowest BCUT2D eigenvalue weighted by atomic mass is 10.0. The van der Waals surface area contributed by atoms with E-state index in [1.165, 1.54) is 12.8 Å². The molecule has 118 valence electrons. The first kappa shape index (κ1) is 15.2. The van der Waals surface area contributed by atoms with Crippen LogP contribution in [-0.2, 0) is 4.74 Å². The number of ketones is 1. The fourth-order valence-corrected chi connectivity index (χ4v) is 2.75. The lowest BCUT2D eigenvalue weighted by Crippen LogP contribution is -2.07. The maximum absolute atomic E-state index is 12.6. The van der Waals surface area contributed by atoms with Crippen LogP contribution in [0.2, 0.25) is 0 Å². The van der Waals surface area contributed by atoms with Gasteiger partial charge in [-0.25, -0.2) is 9.67 Å². The molecule has 0 atom stereocenters. The summed E-state index contributed by atoms with van der Waals surface area (Å²) in [7, 11) is 1.66. The molecule has 0 aliphatic heterocycles. The first-order chi connectivity index (χ1) is 10.6. The van der Waals surface area contributed by atoms with Gasteiger partial charge in [0.2, 0.25) is 0 Å². The first-order valence-electron chi connectivity index (χ1n) is 8.02. The number of fused-ring (bicyclic) bond motifs is 1. The second kappa shape index (κ2) is 6.16. The van der Waals surface area contributed by atoms with E-state index in [4.69, 9.17) is 9.72 Å². The average Bonchev–Trinajstić information content (AvgIpc) is 3.25. The van der Waals surface area contributed by atoms with Crippen molar-refractivity contribution in [2.24, 2.45) is 0 Å². The number of Topliss-reactive ketones (excluding diaryl/α,β-unsaturated/α-hetero) is 1. The highest BCUT2D eigenvalue weighted by molar-refractivity contribution is 6.06. The Hall–Kier alpha value is -1.75. The third-order valence-corrected chi connectivity index (χ3v) is 4.12. The maximum atomic E-state index is 12.6. The van der Waals surface area contributed by atoms with Crippen LogP contribution in [0.5, 0.6) is 0 Å². The van der Waals surface area contributed by atoms with Crippen LogP contribution in [0.1, 0.15) is 67.5 Å². The number of methoxy groups -OCH3 is 1. The van der Waals surface area contributed by atoms with Gasteiger partial charge in [0.25, 0.3) is 0 Å². The summed E-state index contributed by atoms with van der Waals surface area (Å²) in [5, 5.41) is 5.31.